The maximum atomic E-state index is 11.6. The molecule has 2 aromatic carbocycles. The molecule has 0 unspecified atom stereocenters. The topological polar surface area (TPSA) is 53.4 Å². The molecule has 0 aliphatic rings. The summed E-state index contributed by atoms with van der Waals surface area (Å²) in [6.07, 6.45) is 3.23. The van der Waals surface area contributed by atoms with E-state index in [1.54, 1.807) is 24.0 Å². The van der Waals surface area contributed by atoms with Gasteiger partial charge in [-0.3, -0.25) is 0 Å². The van der Waals surface area contributed by atoms with Crippen molar-refractivity contribution in [3.63, 3.8) is 0 Å². The molecule has 0 aliphatic carbocycles. The van der Waals surface area contributed by atoms with E-state index in [4.69, 9.17) is 9.47 Å². The van der Waals surface area contributed by atoms with Crippen molar-refractivity contribution in [2.45, 2.75) is 6.92 Å². The lowest BCUT2D eigenvalue weighted by molar-refractivity contribution is 0.0520. The van der Waals surface area contributed by atoms with E-state index < -0.39 is 5.97 Å². The predicted octanol–water partition coefficient (Wildman–Crippen LogP) is 3.84. The molecule has 0 aliphatic heterocycles. The number of ether oxygens (including phenoxy) is 2. The van der Waals surface area contributed by atoms with Crippen molar-refractivity contribution in [3.8, 4) is 17.2 Å². The summed E-state index contributed by atoms with van der Waals surface area (Å²) in [6.45, 7) is 2.09. The molecule has 0 atom stereocenters. The average Bonchev–Trinajstić information content (AvgIpc) is 3.07. The molecule has 23 heavy (non-hydrogen) atoms. The van der Waals surface area contributed by atoms with Crippen LogP contribution < -0.4 is 4.74 Å². The van der Waals surface area contributed by atoms with E-state index in [9.17, 15) is 4.79 Å². The quantitative estimate of drug-likeness (QED) is 0.672. The van der Waals surface area contributed by atoms with Crippen molar-refractivity contribution in [1.82, 2.24) is 9.55 Å². The molecule has 5 nitrogen and oxygen atoms in total. The molecule has 3 aromatic rings. The Morgan fingerprint density at radius 1 is 1.04 bits per heavy atom. The van der Waals surface area contributed by atoms with Crippen LogP contribution in [0.5, 0.6) is 11.5 Å². The minimum absolute atomic E-state index is 0.288. The molecule has 0 bridgehead atoms. The van der Waals surface area contributed by atoms with Gasteiger partial charge >= 0.3 is 5.97 Å². The number of nitrogens with zero attached hydrogens (tertiary/aromatic N) is 2. The fourth-order valence-electron chi connectivity index (χ4n) is 2.09. The number of benzene rings is 2. The summed E-state index contributed by atoms with van der Waals surface area (Å²) < 4.78 is 12.4. The summed E-state index contributed by atoms with van der Waals surface area (Å²) in [5, 5.41) is 0. The molecular formula is C18H16N2O3. The highest BCUT2D eigenvalue weighted by atomic mass is 16.5. The lowest BCUT2D eigenvalue weighted by Crippen LogP contribution is -2.04. The van der Waals surface area contributed by atoms with Crippen molar-refractivity contribution in [1.29, 1.82) is 0 Å². The van der Waals surface area contributed by atoms with E-state index in [0.717, 1.165) is 17.2 Å². The molecule has 0 radical (unpaired) electrons. The number of carbonyl (C=O) groups is 1. The molecule has 0 saturated carbocycles. The van der Waals surface area contributed by atoms with Crippen LogP contribution >= 0.6 is 0 Å². The van der Waals surface area contributed by atoms with Crippen LogP contribution in [0.3, 0.4) is 0 Å². The van der Waals surface area contributed by atoms with Gasteiger partial charge in [-0.1, -0.05) is 18.2 Å². The Labute approximate surface area is 134 Å². The largest absolute Gasteiger partial charge is 0.461 e. The minimum atomic E-state index is -0.421. The van der Waals surface area contributed by atoms with Gasteiger partial charge in [-0.15, -0.1) is 0 Å². The summed E-state index contributed by atoms with van der Waals surface area (Å²) in [5.41, 5.74) is 1.17. The zero-order valence-electron chi connectivity index (χ0n) is 12.7. The number of carbonyl (C=O) groups excluding carboxylic acids is 1. The van der Waals surface area contributed by atoms with E-state index in [1.807, 2.05) is 54.6 Å². The van der Waals surface area contributed by atoms with Gasteiger partial charge in [0.15, 0.2) is 5.69 Å². The number of hydrogen-bond donors (Lipinski definition) is 0. The van der Waals surface area contributed by atoms with Gasteiger partial charge in [0.1, 0.15) is 17.8 Å². The van der Waals surface area contributed by atoms with Gasteiger partial charge in [0.25, 0.3) is 0 Å². The zero-order chi connectivity index (χ0) is 16.1. The maximum Gasteiger partial charge on any atom is 0.358 e. The van der Waals surface area contributed by atoms with Crippen LogP contribution in [0.2, 0.25) is 0 Å². The van der Waals surface area contributed by atoms with Gasteiger partial charge in [-0.05, 0) is 43.3 Å². The van der Waals surface area contributed by atoms with E-state index in [0.29, 0.717) is 6.61 Å². The molecule has 0 amide bonds. The van der Waals surface area contributed by atoms with Crippen LogP contribution in [0, 0.1) is 0 Å². The highest BCUT2D eigenvalue weighted by molar-refractivity contribution is 5.87. The molecule has 0 saturated heterocycles. The fraction of sp³-hybridized carbons (Fsp3) is 0.111. The third-order valence-electron chi connectivity index (χ3n) is 3.18. The molecular weight excluding hydrogens is 292 g/mol. The number of para-hydroxylation sites is 1. The third-order valence-corrected chi connectivity index (χ3v) is 3.18. The van der Waals surface area contributed by atoms with E-state index in [1.165, 1.54) is 0 Å². The molecule has 1 aromatic heterocycles. The molecule has 0 spiro atoms. The highest BCUT2D eigenvalue weighted by Crippen LogP contribution is 2.22. The van der Waals surface area contributed by atoms with Crippen molar-refractivity contribution in [2.75, 3.05) is 6.61 Å². The van der Waals surface area contributed by atoms with Crippen LogP contribution in [-0.4, -0.2) is 22.1 Å². The normalized spacial score (nSPS) is 10.3. The average molecular weight is 308 g/mol. The SMILES string of the molecule is CCOC(=O)c1cn(-c2ccc(Oc3ccccc3)cc2)cn1. The van der Waals surface area contributed by atoms with Crippen LogP contribution in [0.1, 0.15) is 17.4 Å². The number of hydrogen-bond acceptors (Lipinski definition) is 4. The van der Waals surface area contributed by atoms with Crippen LogP contribution in [0.15, 0.2) is 67.1 Å². The minimum Gasteiger partial charge on any atom is -0.461 e. The van der Waals surface area contributed by atoms with Crippen LogP contribution in [0.25, 0.3) is 5.69 Å². The summed E-state index contributed by atoms with van der Waals surface area (Å²) in [4.78, 5) is 15.7. The van der Waals surface area contributed by atoms with Crippen LogP contribution in [-0.2, 0) is 4.74 Å². The second-order valence-electron chi connectivity index (χ2n) is 4.80. The summed E-state index contributed by atoms with van der Waals surface area (Å²) in [6, 6.07) is 17.1. The highest BCUT2D eigenvalue weighted by Gasteiger charge is 2.10. The zero-order valence-corrected chi connectivity index (χ0v) is 12.7. The Hall–Kier alpha value is -3.08. The molecule has 116 valence electrons. The lowest BCUT2D eigenvalue weighted by atomic mass is 10.3. The Morgan fingerprint density at radius 2 is 1.74 bits per heavy atom. The Kier molecular flexibility index (Phi) is 4.38. The van der Waals surface area contributed by atoms with Gasteiger partial charge in [0, 0.05) is 11.9 Å². The monoisotopic (exact) mass is 308 g/mol. The van der Waals surface area contributed by atoms with Gasteiger partial charge in [0.2, 0.25) is 0 Å². The molecule has 3 rings (SSSR count). The number of rotatable bonds is 5. The summed E-state index contributed by atoms with van der Waals surface area (Å²) in [5.74, 6) is 1.11. The smallest absolute Gasteiger partial charge is 0.358 e. The van der Waals surface area contributed by atoms with Crippen molar-refractivity contribution in [3.05, 3.63) is 72.8 Å². The number of esters is 1. The van der Waals surface area contributed by atoms with Gasteiger partial charge in [0.05, 0.1) is 6.61 Å². The summed E-state index contributed by atoms with van der Waals surface area (Å²) in [7, 11) is 0. The van der Waals surface area contributed by atoms with E-state index in [2.05, 4.69) is 4.98 Å². The number of imidazole rings is 1. The van der Waals surface area contributed by atoms with Gasteiger partial charge in [-0.25, -0.2) is 9.78 Å². The Morgan fingerprint density at radius 3 is 2.43 bits per heavy atom. The first kappa shape index (κ1) is 14.8. The maximum absolute atomic E-state index is 11.6. The molecule has 0 fully saturated rings. The Balaban J connectivity index is 1.73. The standard InChI is InChI=1S/C18H16N2O3/c1-2-22-18(21)17-12-20(13-19-17)14-8-10-16(11-9-14)23-15-6-4-3-5-7-15/h3-13H,2H2,1H3. The van der Waals surface area contributed by atoms with Crippen LogP contribution in [0.4, 0.5) is 0 Å². The lowest BCUT2D eigenvalue weighted by Gasteiger charge is -2.07. The first-order valence-corrected chi connectivity index (χ1v) is 7.30. The first-order chi connectivity index (χ1) is 11.3. The Bertz CT molecular complexity index is 780. The molecule has 5 heteroatoms. The summed E-state index contributed by atoms with van der Waals surface area (Å²) >= 11 is 0. The second-order valence-corrected chi connectivity index (χ2v) is 4.80. The molecule has 0 N–H and O–H groups in total. The second kappa shape index (κ2) is 6.79. The van der Waals surface area contributed by atoms with E-state index >= 15 is 0 Å². The predicted molar refractivity (Wildman–Crippen MR) is 86.0 cm³/mol. The van der Waals surface area contributed by atoms with Crippen molar-refractivity contribution >= 4 is 5.97 Å². The van der Waals surface area contributed by atoms with Crippen molar-refractivity contribution in [2.24, 2.45) is 0 Å². The van der Waals surface area contributed by atoms with E-state index in [-0.39, 0.29) is 5.69 Å². The first-order valence-electron chi connectivity index (χ1n) is 7.30. The fourth-order valence-corrected chi connectivity index (χ4v) is 2.09. The molecule has 1 heterocycles. The van der Waals surface area contributed by atoms with Crippen molar-refractivity contribution < 1.29 is 14.3 Å². The number of aromatic nitrogens is 2. The van der Waals surface area contributed by atoms with Gasteiger partial charge < -0.3 is 14.0 Å². The third kappa shape index (κ3) is 3.58. The van der Waals surface area contributed by atoms with Gasteiger partial charge in [-0.2, -0.15) is 0 Å².